The van der Waals surface area contributed by atoms with Crippen LogP contribution in [0.5, 0.6) is 0 Å². The van der Waals surface area contributed by atoms with Crippen molar-refractivity contribution in [3.05, 3.63) is 0 Å². The van der Waals surface area contributed by atoms with Gasteiger partial charge in [-0.15, -0.1) is 0 Å². The molecule has 15 heteroatoms. The number of aliphatic hydroxyl groups excluding tert-OH is 2. The third-order valence-corrected chi connectivity index (χ3v) is 13.7. The number of nitrogens with zero attached hydrogens (tertiary/aromatic N) is 1. The highest BCUT2D eigenvalue weighted by atomic mass is 16.7. The van der Waals surface area contributed by atoms with E-state index in [9.17, 15) is 24.9 Å². The van der Waals surface area contributed by atoms with Gasteiger partial charge >= 0.3 is 5.97 Å². The number of carbonyl (C=O) groups excluding carboxylic acids is 2. The zero-order chi connectivity index (χ0) is 40.8. The van der Waals surface area contributed by atoms with Crippen molar-refractivity contribution in [2.24, 2.45) is 29.6 Å². The first-order valence-corrected chi connectivity index (χ1v) is 20.2. The molecule has 5 rings (SSSR count). The molecule has 15 nitrogen and oxygen atoms in total. The van der Waals surface area contributed by atoms with Gasteiger partial charge < -0.3 is 58.0 Å². The number of rotatable bonds is 8. The number of methoxy groups -OCH3 is 3. The Hall–Kier alpha value is -1.34. The Bertz CT molecular complexity index is 1320. The Labute approximate surface area is 326 Å². The third kappa shape index (κ3) is 8.70. The van der Waals surface area contributed by atoms with Gasteiger partial charge in [-0.2, -0.15) is 0 Å². The largest absolute Gasteiger partial charge is 0.458 e. The second kappa shape index (κ2) is 17.5. The van der Waals surface area contributed by atoms with E-state index in [0.717, 1.165) is 13.1 Å². The maximum Gasteiger partial charge on any atom is 0.311 e. The summed E-state index contributed by atoms with van der Waals surface area (Å²) in [5, 5.41) is 34.0. The zero-order valence-corrected chi connectivity index (χ0v) is 35.0. The summed E-state index contributed by atoms with van der Waals surface area (Å²) < 4.78 is 56.6. The van der Waals surface area contributed by atoms with Crippen molar-refractivity contribution >= 4 is 11.8 Å². The second-order valence-electron chi connectivity index (χ2n) is 17.5. The van der Waals surface area contributed by atoms with Gasteiger partial charge in [0, 0.05) is 70.6 Å². The van der Waals surface area contributed by atoms with Gasteiger partial charge in [-0.3, -0.25) is 14.5 Å². The van der Waals surface area contributed by atoms with Crippen LogP contribution in [-0.2, 0) is 52.2 Å². The number of aliphatic hydroxyl groups is 3. The fourth-order valence-corrected chi connectivity index (χ4v) is 9.83. The van der Waals surface area contributed by atoms with E-state index in [1.54, 1.807) is 55.8 Å². The van der Waals surface area contributed by atoms with E-state index in [4.69, 9.17) is 42.6 Å². The molecule has 0 aromatic rings. The van der Waals surface area contributed by atoms with Crippen molar-refractivity contribution in [1.82, 2.24) is 4.90 Å². The monoisotopic (exact) mass is 787 g/mol. The maximum absolute atomic E-state index is 14.2. The van der Waals surface area contributed by atoms with E-state index >= 15 is 0 Å². The molecular formula is C40H69NO14. The van der Waals surface area contributed by atoms with Crippen LogP contribution in [-0.4, -0.2) is 164 Å². The van der Waals surface area contributed by atoms with E-state index in [-0.39, 0.29) is 30.8 Å². The first-order chi connectivity index (χ1) is 25.8. The lowest BCUT2D eigenvalue weighted by Crippen LogP contribution is -2.62. The molecule has 0 aromatic carbocycles. The molecule has 0 bridgehead atoms. The van der Waals surface area contributed by atoms with Gasteiger partial charge in [-0.25, -0.2) is 0 Å². The van der Waals surface area contributed by atoms with Crippen molar-refractivity contribution < 1.29 is 67.5 Å². The number of esters is 1. The summed E-state index contributed by atoms with van der Waals surface area (Å²) in [4.78, 5) is 30.6. The van der Waals surface area contributed by atoms with Crippen LogP contribution in [0.1, 0.15) is 81.6 Å². The predicted molar refractivity (Wildman–Crippen MR) is 198 cm³/mol. The Morgan fingerprint density at radius 1 is 0.800 bits per heavy atom. The molecule has 1 aliphatic carbocycles. The van der Waals surface area contributed by atoms with Gasteiger partial charge in [0.1, 0.15) is 29.7 Å². The maximum atomic E-state index is 14.2. The smallest absolute Gasteiger partial charge is 0.311 e. The lowest BCUT2D eigenvalue weighted by atomic mass is 9.75. The Balaban J connectivity index is 1.58. The molecule has 0 aromatic heterocycles. The van der Waals surface area contributed by atoms with Gasteiger partial charge in [-0.1, -0.05) is 27.7 Å². The molecule has 5 fully saturated rings. The minimum atomic E-state index is -1.80. The summed E-state index contributed by atoms with van der Waals surface area (Å²) in [6.45, 7) is 18.7. The first-order valence-electron chi connectivity index (χ1n) is 20.2. The molecule has 0 amide bonds. The lowest BCUT2D eigenvalue weighted by Gasteiger charge is -2.50. The fraction of sp³-hybridized carbons (Fsp3) is 0.950. The van der Waals surface area contributed by atoms with Gasteiger partial charge in [0.15, 0.2) is 12.6 Å². The van der Waals surface area contributed by atoms with Crippen molar-refractivity contribution in [2.45, 2.75) is 166 Å². The van der Waals surface area contributed by atoms with Crippen LogP contribution >= 0.6 is 0 Å². The quantitative estimate of drug-likeness (QED) is 0.304. The third-order valence-electron chi connectivity index (χ3n) is 13.7. The zero-order valence-electron chi connectivity index (χ0n) is 35.0. The first kappa shape index (κ1) is 44.8. The molecule has 0 spiro atoms. The molecule has 19 atom stereocenters. The van der Waals surface area contributed by atoms with E-state index in [0.29, 0.717) is 19.6 Å². The SMILES string of the molecule is CO[C@H]1[C@H](O[C@@H]2[C@@H](C)[C@H](O[C@H]3C[C@@](C)(OC)[C@@H](O)[C@H](C)O3)[C@@H](C)C(=O)O[C@@H]3C(C)[C@]3(O)[C@H](O)[C@@H](C)C(=O)[C@H](C)C[C@]2(C)OC)O[C@H](C)C[C@@H]1N1CCOCC1. The Morgan fingerprint density at radius 2 is 1.44 bits per heavy atom. The van der Waals surface area contributed by atoms with Gasteiger partial charge in [-0.05, 0) is 47.5 Å². The molecule has 318 valence electrons. The van der Waals surface area contributed by atoms with Gasteiger partial charge in [0.05, 0.1) is 60.9 Å². The van der Waals surface area contributed by atoms with E-state index in [1.165, 1.54) is 7.11 Å². The standard InChI is InChI=1S/C40H69NO14/c1-20-18-39(9,49-12)34(55-37-31(47-10)27(17-21(2)51-37)41-13-15-50-16-14-41)23(4)30(53-28-19-38(8,48-11)33(44)26(7)52-28)24(5)36(45)54-35-25(6)40(35,46)32(43)22(3)29(20)42/h20-28,30-35,37,43-44,46H,13-19H2,1-12H3/t20-,21-,22+,23+,24-,25?,26+,27+,28+,30+,31-,32-,33+,34-,35-,37+,38-,39+,40+/m1/s1. The minimum Gasteiger partial charge on any atom is -0.458 e. The second-order valence-corrected chi connectivity index (χ2v) is 17.5. The molecular weight excluding hydrogens is 718 g/mol. The average molecular weight is 788 g/mol. The molecule has 5 aliphatic rings. The van der Waals surface area contributed by atoms with Crippen LogP contribution < -0.4 is 0 Å². The van der Waals surface area contributed by atoms with Crippen LogP contribution in [0.3, 0.4) is 0 Å². The number of fused-ring (bicyclic) bond motifs is 1. The lowest BCUT2D eigenvalue weighted by molar-refractivity contribution is -0.322. The van der Waals surface area contributed by atoms with Crippen LogP contribution in [0, 0.1) is 29.6 Å². The average Bonchev–Trinajstić information content (AvgIpc) is 3.70. The van der Waals surface area contributed by atoms with Crippen molar-refractivity contribution in [2.75, 3.05) is 47.6 Å². The fourth-order valence-electron chi connectivity index (χ4n) is 9.83. The Morgan fingerprint density at radius 3 is 2.04 bits per heavy atom. The predicted octanol–water partition coefficient (Wildman–Crippen LogP) is 2.08. The van der Waals surface area contributed by atoms with Gasteiger partial charge in [0.25, 0.3) is 0 Å². The number of hydrogen-bond acceptors (Lipinski definition) is 15. The summed E-state index contributed by atoms with van der Waals surface area (Å²) in [7, 11) is 4.72. The summed E-state index contributed by atoms with van der Waals surface area (Å²) in [6.07, 6.45) is -7.42. The number of carbonyl (C=O) groups is 2. The highest BCUT2D eigenvalue weighted by Crippen LogP contribution is 2.51. The Kier molecular flexibility index (Phi) is 14.2. The summed E-state index contributed by atoms with van der Waals surface area (Å²) >= 11 is 0. The number of morpholine rings is 1. The van der Waals surface area contributed by atoms with Crippen molar-refractivity contribution in [3.63, 3.8) is 0 Å². The number of hydrogen-bond donors (Lipinski definition) is 3. The van der Waals surface area contributed by atoms with Gasteiger partial charge in [0.2, 0.25) is 0 Å². The molecule has 1 saturated carbocycles. The summed E-state index contributed by atoms with van der Waals surface area (Å²) in [6, 6.07) is -0.0383. The highest BCUT2D eigenvalue weighted by molar-refractivity contribution is 5.84. The molecule has 4 saturated heterocycles. The highest BCUT2D eigenvalue weighted by Gasteiger charge is 2.70. The van der Waals surface area contributed by atoms with E-state index < -0.39 is 108 Å². The van der Waals surface area contributed by atoms with E-state index in [1.807, 2.05) is 20.8 Å². The van der Waals surface area contributed by atoms with E-state index in [2.05, 4.69) is 4.90 Å². The topological polar surface area (TPSA) is 181 Å². The normalized spacial score (nSPS) is 50.8. The molecule has 3 N–H and O–H groups in total. The van der Waals surface area contributed by atoms with Crippen LogP contribution in [0.15, 0.2) is 0 Å². The van der Waals surface area contributed by atoms with Crippen LogP contribution in [0.2, 0.25) is 0 Å². The number of ether oxygens (including phenoxy) is 9. The summed E-state index contributed by atoms with van der Waals surface area (Å²) in [5.41, 5.74) is -4.01. The summed E-state index contributed by atoms with van der Waals surface area (Å²) in [5.74, 6) is -4.79. The molecule has 4 aliphatic heterocycles. The van der Waals surface area contributed by atoms with Crippen LogP contribution in [0.4, 0.5) is 0 Å². The molecule has 0 radical (unpaired) electrons. The van der Waals surface area contributed by atoms with Crippen molar-refractivity contribution in [3.8, 4) is 0 Å². The number of Topliss-reactive ketones (excluding diaryl/α,β-unsaturated/α-hetero) is 1. The molecule has 55 heavy (non-hydrogen) atoms. The molecule has 4 heterocycles. The number of ketones is 1. The van der Waals surface area contributed by atoms with Crippen molar-refractivity contribution in [1.29, 1.82) is 0 Å². The van der Waals surface area contributed by atoms with Crippen LogP contribution in [0.25, 0.3) is 0 Å². The minimum absolute atomic E-state index is 0.0383. The molecule has 1 unspecified atom stereocenters.